The van der Waals surface area contributed by atoms with Crippen LogP contribution in [-0.4, -0.2) is 32.8 Å². The first kappa shape index (κ1) is 17.7. The van der Waals surface area contributed by atoms with E-state index in [1.807, 2.05) is 18.4 Å². The Morgan fingerprint density at radius 3 is 2.24 bits per heavy atom. The maximum absolute atomic E-state index is 11.9. The highest BCUT2D eigenvalue weighted by atomic mass is 16.3. The van der Waals surface area contributed by atoms with Gasteiger partial charge in [-0.3, -0.25) is 9.69 Å². The van der Waals surface area contributed by atoms with Crippen LogP contribution in [0.3, 0.4) is 0 Å². The molecule has 1 rings (SSSR count). The molecule has 0 aliphatic rings. The van der Waals surface area contributed by atoms with E-state index in [1.54, 1.807) is 0 Å². The minimum Gasteiger partial charge on any atom is -0.503 e. The summed E-state index contributed by atoms with van der Waals surface area (Å²) in [5, 5.41) is 19.7. The number of aromatic nitrogens is 1. The molecule has 1 aromatic rings. The van der Waals surface area contributed by atoms with Crippen molar-refractivity contribution in [2.75, 3.05) is 13.1 Å². The van der Waals surface area contributed by atoms with E-state index in [0.29, 0.717) is 17.9 Å². The fourth-order valence-corrected chi connectivity index (χ4v) is 2.75. The van der Waals surface area contributed by atoms with Gasteiger partial charge in [0.05, 0.1) is 12.3 Å². The molecule has 1 aromatic heterocycles. The Morgan fingerprint density at radius 1 is 1.24 bits per heavy atom. The Morgan fingerprint density at radius 2 is 1.81 bits per heavy atom. The maximum Gasteiger partial charge on any atom is 0.223 e. The zero-order valence-electron chi connectivity index (χ0n) is 13.6. The lowest BCUT2D eigenvalue weighted by molar-refractivity contribution is 0.240. The van der Waals surface area contributed by atoms with E-state index >= 15 is 0 Å². The zero-order valence-corrected chi connectivity index (χ0v) is 13.6. The predicted octanol–water partition coefficient (Wildman–Crippen LogP) is 2.25. The molecule has 2 N–H and O–H groups in total. The fourth-order valence-electron chi connectivity index (χ4n) is 2.75. The molecule has 0 radical (unpaired) electrons. The fraction of sp³-hybridized carbons (Fsp3) is 0.688. The molecule has 0 aliphatic heterocycles. The molecule has 21 heavy (non-hydrogen) atoms. The molecule has 0 aromatic carbocycles. The van der Waals surface area contributed by atoms with Gasteiger partial charge in [0.15, 0.2) is 5.75 Å². The van der Waals surface area contributed by atoms with Gasteiger partial charge in [0, 0.05) is 24.3 Å². The summed E-state index contributed by atoms with van der Waals surface area (Å²) in [5.41, 5.74) is 0.734. The Hall–Kier alpha value is -1.33. The topological polar surface area (TPSA) is 65.7 Å². The molecule has 1 heterocycles. The third-order valence-corrected chi connectivity index (χ3v) is 3.54. The lowest BCUT2D eigenvalue weighted by atomic mass is 10.2. The van der Waals surface area contributed by atoms with Gasteiger partial charge in [-0.05, 0) is 39.8 Å². The van der Waals surface area contributed by atoms with Crippen molar-refractivity contribution in [2.45, 2.75) is 59.7 Å². The van der Waals surface area contributed by atoms with Crippen LogP contribution in [0.4, 0.5) is 0 Å². The number of aliphatic hydroxyl groups excluding tert-OH is 1. The molecule has 0 fully saturated rings. The molecule has 0 atom stereocenters. The minimum atomic E-state index is -0.418. The monoisotopic (exact) mass is 296 g/mol. The second-order valence-corrected chi connectivity index (χ2v) is 5.69. The van der Waals surface area contributed by atoms with Gasteiger partial charge < -0.3 is 14.8 Å². The van der Waals surface area contributed by atoms with Crippen molar-refractivity contribution >= 4 is 0 Å². The van der Waals surface area contributed by atoms with E-state index in [0.717, 1.165) is 25.9 Å². The molecule has 120 valence electrons. The van der Waals surface area contributed by atoms with Gasteiger partial charge in [-0.15, -0.1) is 0 Å². The molecule has 0 amide bonds. The highest BCUT2D eigenvalue weighted by Gasteiger charge is 2.18. The summed E-state index contributed by atoms with van der Waals surface area (Å²) in [6, 6.07) is 1.39. The Bertz CT molecular complexity index is 503. The average Bonchev–Trinajstić information content (AvgIpc) is 2.43. The summed E-state index contributed by atoms with van der Waals surface area (Å²) >= 11 is 0. The van der Waals surface area contributed by atoms with E-state index in [9.17, 15) is 15.0 Å². The van der Waals surface area contributed by atoms with Gasteiger partial charge in [-0.25, -0.2) is 0 Å². The lowest BCUT2D eigenvalue weighted by Crippen LogP contribution is -2.29. The van der Waals surface area contributed by atoms with Crippen LogP contribution in [-0.2, 0) is 13.2 Å². The summed E-state index contributed by atoms with van der Waals surface area (Å²) in [5.74, 6) is -0.196. The molecule has 0 bridgehead atoms. The molecule has 0 saturated carbocycles. The van der Waals surface area contributed by atoms with Gasteiger partial charge in [0.25, 0.3) is 0 Å². The first-order valence-corrected chi connectivity index (χ1v) is 7.75. The Kier molecular flexibility index (Phi) is 6.92. The van der Waals surface area contributed by atoms with Crippen LogP contribution in [0.15, 0.2) is 10.9 Å². The predicted molar refractivity (Wildman–Crippen MR) is 84.5 cm³/mol. The van der Waals surface area contributed by atoms with Crippen LogP contribution >= 0.6 is 0 Å². The first-order chi connectivity index (χ1) is 9.96. The minimum absolute atomic E-state index is 0.0683. The number of rotatable bonds is 8. The van der Waals surface area contributed by atoms with Crippen molar-refractivity contribution < 1.29 is 10.2 Å². The second-order valence-electron chi connectivity index (χ2n) is 5.69. The largest absolute Gasteiger partial charge is 0.503 e. The van der Waals surface area contributed by atoms with Crippen LogP contribution in [0, 0.1) is 0 Å². The Labute approximate surface area is 126 Å². The number of aliphatic hydroxyl groups is 1. The van der Waals surface area contributed by atoms with E-state index in [4.69, 9.17) is 0 Å². The smallest absolute Gasteiger partial charge is 0.223 e. The van der Waals surface area contributed by atoms with E-state index in [2.05, 4.69) is 18.7 Å². The summed E-state index contributed by atoms with van der Waals surface area (Å²) in [6.45, 7) is 10.3. The molecule has 0 spiro atoms. The van der Waals surface area contributed by atoms with E-state index in [1.165, 1.54) is 6.07 Å². The number of nitrogens with zero attached hydrogens (tertiary/aromatic N) is 2. The van der Waals surface area contributed by atoms with Crippen molar-refractivity contribution in [1.29, 1.82) is 0 Å². The highest BCUT2D eigenvalue weighted by molar-refractivity contribution is 5.30. The summed E-state index contributed by atoms with van der Waals surface area (Å²) in [4.78, 5) is 14.1. The number of hydrogen-bond acceptors (Lipinski definition) is 4. The molecule has 5 nitrogen and oxygen atoms in total. The molecular weight excluding hydrogens is 268 g/mol. The van der Waals surface area contributed by atoms with Gasteiger partial charge in [-0.1, -0.05) is 13.8 Å². The summed E-state index contributed by atoms with van der Waals surface area (Å²) in [7, 11) is 0. The van der Waals surface area contributed by atoms with Crippen LogP contribution in [0.5, 0.6) is 5.75 Å². The summed E-state index contributed by atoms with van der Waals surface area (Å²) in [6.07, 6.45) is 2.04. The maximum atomic E-state index is 11.9. The molecule has 0 unspecified atom stereocenters. The van der Waals surface area contributed by atoms with Crippen LogP contribution in [0.25, 0.3) is 0 Å². The number of pyridine rings is 1. The molecular formula is C16H28N2O3. The molecule has 5 heteroatoms. The van der Waals surface area contributed by atoms with Crippen LogP contribution in [0.2, 0.25) is 0 Å². The quantitative estimate of drug-likeness (QED) is 0.772. The second kappa shape index (κ2) is 8.20. The standard InChI is InChI=1S/C16H28N2O3/c1-5-7-17(8-6-2)10-14-16(21)15(20)9-13(11-19)18(14)12(3)4/h9,12,19,21H,5-8,10-11H2,1-4H3. The lowest BCUT2D eigenvalue weighted by Gasteiger charge is -2.27. The van der Waals surface area contributed by atoms with E-state index in [-0.39, 0.29) is 18.4 Å². The third kappa shape index (κ3) is 4.32. The van der Waals surface area contributed by atoms with Crippen molar-refractivity contribution in [3.8, 4) is 5.75 Å². The first-order valence-electron chi connectivity index (χ1n) is 7.75. The molecule has 0 saturated heterocycles. The van der Waals surface area contributed by atoms with Gasteiger partial charge in [0.1, 0.15) is 0 Å². The van der Waals surface area contributed by atoms with Crippen LogP contribution in [0.1, 0.15) is 58.0 Å². The van der Waals surface area contributed by atoms with Gasteiger partial charge in [0.2, 0.25) is 5.43 Å². The number of hydrogen-bond donors (Lipinski definition) is 2. The summed E-state index contributed by atoms with van der Waals surface area (Å²) < 4.78 is 1.87. The number of aromatic hydroxyl groups is 1. The van der Waals surface area contributed by atoms with Crippen molar-refractivity contribution in [3.63, 3.8) is 0 Å². The SMILES string of the molecule is CCCN(CCC)Cc1c(O)c(=O)cc(CO)n1C(C)C. The van der Waals surface area contributed by atoms with Crippen LogP contribution < -0.4 is 5.43 Å². The highest BCUT2D eigenvalue weighted by Crippen LogP contribution is 2.22. The normalized spacial score (nSPS) is 11.6. The Balaban J connectivity index is 3.30. The van der Waals surface area contributed by atoms with E-state index < -0.39 is 5.43 Å². The van der Waals surface area contributed by atoms with Gasteiger partial charge >= 0.3 is 0 Å². The molecule has 0 aliphatic carbocycles. The van der Waals surface area contributed by atoms with Crippen molar-refractivity contribution in [2.24, 2.45) is 0 Å². The van der Waals surface area contributed by atoms with Gasteiger partial charge in [-0.2, -0.15) is 0 Å². The average molecular weight is 296 g/mol. The van der Waals surface area contributed by atoms with Crippen molar-refractivity contribution in [3.05, 3.63) is 27.7 Å². The van der Waals surface area contributed by atoms with Crippen molar-refractivity contribution in [1.82, 2.24) is 9.47 Å². The zero-order chi connectivity index (χ0) is 16.0. The third-order valence-electron chi connectivity index (χ3n) is 3.54.